The summed E-state index contributed by atoms with van der Waals surface area (Å²) in [6, 6.07) is 15.7. The van der Waals surface area contributed by atoms with Crippen LogP contribution in [-0.4, -0.2) is 42.6 Å². The highest BCUT2D eigenvalue weighted by molar-refractivity contribution is 6.03. The lowest BCUT2D eigenvalue weighted by Crippen LogP contribution is -2.61. The maximum atomic E-state index is 13.6. The van der Waals surface area contributed by atoms with Crippen molar-refractivity contribution in [1.82, 2.24) is 0 Å². The van der Waals surface area contributed by atoms with Crippen molar-refractivity contribution < 1.29 is 18.8 Å². The summed E-state index contributed by atoms with van der Waals surface area (Å²) in [6.07, 6.45) is 4.23. The first-order valence-corrected chi connectivity index (χ1v) is 10.9. The maximum Gasteiger partial charge on any atom is 0.339 e. The molecular formula is C25H33N2O3+. The second kappa shape index (κ2) is 9.90. The number of hydrogen-bond donors (Lipinski definition) is 1. The molecule has 1 saturated heterocycles. The minimum absolute atomic E-state index is 0.0187. The van der Waals surface area contributed by atoms with Crippen molar-refractivity contribution in [2.75, 3.05) is 25.5 Å². The lowest BCUT2D eigenvalue weighted by atomic mass is 9.98. The summed E-state index contributed by atoms with van der Waals surface area (Å²) in [5, 5.41) is 3.10. The van der Waals surface area contributed by atoms with Gasteiger partial charge in [0.05, 0.1) is 31.5 Å². The summed E-state index contributed by atoms with van der Waals surface area (Å²) in [6.45, 7) is 6.84. The Morgan fingerprint density at radius 1 is 1.03 bits per heavy atom. The lowest BCUT2D eigenvalue weighted by Gasteiger charge is -2.46. The topological polar surface area (TPSA) is 55.4 Å². The van der Waals surface area contributed by atoms with Crippen LogP contribution in [0.25, 0.3) is 0 Å². The summed E-state index contributed by atoms with van der Waals surface area (Å²) in [5.41, 5.74) is 3.07. The summed E-state index contributed by atoms with van der Waals surface area (Å²) in [7, 11) is 1.36. The number of piperidine rings is 1. The van der Waals surface area contributed by atoms with Crippen LogP contribution in [0, 0.1) is 6.92 Å². The van der Waals surface area contributed by atoms with Crippen molar-refractivity contribution in [2.45, 2.75) is 52.1 Å². The van der Waals surface area contributed by atoms with Crippen LogP contribution in [0.3, 0.4) is 0 Å². The molecular weight excluding hydrogens is 376 g/mol. The van der Waals surface area contributed by atoms with Crippen molar-refractivity contribution in [2.24, 2.45) is 0 Å². The Bertz CT molecular complexity index is 873. The molecule has 1 atom stereocenters. The zero-order chi connectivity index (χ0) is 21.6. The summed E-state index contributed by atoms with van der Waals surface area (Å²) < 4.78 is 5.69. The number of benzene rings is 2. The van der Waals surface area contributed by atoms with E-state index in [9.17, 15) is 9.59 Å². The highest BCUT2D eigenvalue weighted by atomic mass is 16.5. The van der Waals surface area contributed by atoms with Gasteiger partial charge in [0.2, 0.25) is 0 Å². The molecule has 1 fully saturated rings. The molecule has 0 aliphatic carbocycles. The molecule has 30 heavy (non-hydrogen) atoms. The second-order valence-electron chi connectivity index (χ2n) is 8.27. The number of aryl methyl sites for hydroxylation is 1. The van der Waals surface area contributed by atoms with Gasteiger partial charge in [0, 0.05) is 12.0 Å². The van der Waals surface area contributed by atoms with Gasteiger partial charge in [0.1, 0.15) is 6.54 Å². The molecule has 160 valence electrons. The van der Waals surface area contributed by atoms with Crippen molar-refractivity contribution >= 4 is 17.6 Å². The van der Waals surface area contributed by atoms with Crippen LogP contribution in [0.2, 0.25) is 0 Å². The van der Waals surface area contributed by atoms with Crippen LogP contribution in [0.4, 0.5) is 5.69 Å². The number of para-hydroxylation sites is 1. The van der Waals surface area contributed by atoms with Gasteiger partial charge in [-0.1, -0.05) is 49.4 Å². The van der Waals surface area contributed by atoms with Gasteiger partial charge in [0.15, 0.2) is 6.04 Å². The maximum absolute atomic E-state index is 13.6. The number of hydrogen-bond acceptors (Lipinski definition) is 3. The lowest BCUT2D eigenvalue weighted by molar-refractivity contribution is -0.959. The van der Waals surface area contributed by atoms with E-state index in [1.165, 1.54) is 19.1 Å². The van der Waals surface area contributed by atoms with Crippen LogP contribution in [0.1, 0.15) is 54.1 Å². The first kappa shape index (κ1) is 22.0. The third-order valence-electron chi connectivity index (χ3n) is 6.32. The number of esters is 1. The molecule has 2 aromatic carbocycles. The van der Waals surface area contributed by atoms with E-state index in [1.54, 1.807) is 6.07 Å². The van der Waals surface area contributed by atoms with E-state index in [4.69, 9.17) is 4.74 Å². The number of carbonyl (C=O) groups excluding carboxylic acids is 2. The Morgan fingerprint density at radius 2 is 1.73 bits per heavy atom. The van der Waals surface area contributed by atoms with Gasteiger partial charge < -0.3 is 14.5 Å². The van der Waals surface area contributed by atoms with Crippen LogP contribution in [0.5, 0.6) is 0 Å². The Hall–Kier alpha value is -2.66. The summed E-state index contributed by atoms with van der Waals surface area (Å²) in [4.78, 5) is 25.8. The Balaban J connectivity index is 1.91. The van der Waals surface area contributed by atoms with Gasteiger partial charge in [-0.3, -0.25) is 4.79 Å². The molecule has 0 radical (unpaired) electrons. The largest absolute Gasteiger partial charge is 0.465 e. The van der Waals surface area contributed by atoms with E-state index in [2.05, 4.69) is 36.5 Å². The highest BCUT2D eigenvalue weighted by Gasteiger charge is 2.42. The molecule has 3 rings (SSSR count). The molecule has 1 unspecified atom stereocenters. The van der Waals surface area contributed by atoms with E-state index in [0.29, 0.717) is 11.3 Å². The number of carbonyl (C=O) groups is 2. The zero-order valence-corrected chi connectivity index (χ0v) is 18.3. The van der Waals surface area contributed by atoms with Crippen LogP contribution in [0.15, 0.2) is 48.5 Å². The van der Waals surface area contributed by atoms with Gasteiger partial charge in [-0.05, 0) is 37.8 Å². The minimum Gasteiger partial charge on any atom is -0.465 e. The van der Waals surface area contributed by atoms with E-state index < -0.39 is 5.97 Å². The number of methoxy groups -OCH3 is 1. The fourth-order valence-corrected chi connectivity index (χ4v) is 4.81. The number of quaternary nitrogens is 1. The number of anilines is 1. The number of nitrogens with zero attached hydrogens (tertiary/aromatic N) is 1. The molecule has 0 spiro atoms. The van der Waals surface area contributed by atoms with Crippen LogP contribution in [-0.2, 0) is 16.1 Å². The normalized spacial score (nSPS) is 16.5. The SMILES string of the molecule is CCC(C(=O)Nc1c(C)cccc1C(=O)OC)[N+]1(Cc2ccccc2)CCCCC1. The van der Waals surface area contributed by atoms with Gasteiger partial charge in [-0.15, -0.1) is 0 Å². The Labute approximate surface area is 179 Å². The molecule has 1 aliphatic rings. The fourth-order valence-electron chi connectivity index (χ4n) is 4.81. The van der Waals surface area contributed by atoms with E-state index >= 15 is 0 Å². The van der Waals surface area contributed by atoms with Crippen LogP contribution < -0.4 is 5.32 Å². The third kappa shape index (κ3) is 4.73. The summed E-state index contributed by atoms with van der Waals surface area (Å²) >= 11 is 0. The molecule has 1 heterocycles. The Kier molecular flexibility index (Phi) is 7.27. The predicted octanol–water partition coefficient (Wildman–Crippen LogP) is 4.70. The average Bonchev–Trinajstić information content (AvgIpc) is 2.76. The monoisotopic (exact) mass is 409 g/mol. The molecule has 1 aliphatic heterocycles. The molecule has 5 heteroatoms. The predicted molar refractivity (Wildman–Crippen MR) is 119 cm³/mol. The average molecular weight is 410 g/mol. The van der Waals surface area contributed by atoms with Crippen molar-refractivity contribution in [1.29, 1.82) is 0 Å². The zero-order valence-electron chi connectivity index (χ0n) is 18.3. The van der Waals surface area contributed by atoms with E-state index in [0.717, 1.165) is 48.9 Å². The highest BCUT2D eigenvalue weighted by Crippen LogP contribution is 2.30. The molecule has 1 N–H and O–H groups in total. The fraction of sp³-hybridized carbons (Fsp3) is 0.440. The molecule has 0 bridgehead atoms. The number of ether oxygens (including phenoxy) is 1. The van der Waals surface area contributed by atoms with Crippen LogP contribution >= 0.6 is 0 Å². The first-order valence-electron chi connectivity index (χ1n) is 10.9. The smallest absolute Gasteiger partial charge is 0.339 e. The number of likely N-dealkylation sites (tertiary alicyclic amines) is 1. The van der Waals surface area contributed by atoms with Crippen molar-refractivity contribution in [3.05, 3.63) is 65.2 Å². The second-order valence-corrected chi connectivity index (χ2v) is 8.27. The third-order valence-corrected chi connectivity index (χ3v) is 6.32. The number of rotatable bonds is 7. The van der Waals surface area contributed by atoms with Crippen molar-refractivity contribution in [3.63, 3.8) is 0 Å². The molecule has 0 aromatic heterocycles. The van der Waals surface area contributed by atoms with E-state index in [-0.39, 0.29) is 11.9 Å². The Morgan fingerprint density at radius 3 is 2.37 bits per heavy atom. The van der Waals surface area contributed by atoms with Gasteiger partial charge in [0.25, 0.3) is 5.91 Å². The number of nitrogens with one attached hydrogen (secondary N) is 1. The van der Waals surface area contributed by atoms with E-state index in [1.807, 2.05) is 25.1 Å². The van der Waals surface area contributed by atoms with Gasteiger partial charge in [-0.2, -0.15) is 0 Å². The van der Waals surface area contributed by atoms with Crippen molar-refractivity contribution in [3.8, 4) is 0 Å². The standard InChI is InChI=1S/C25H32N2O3/c1-4-22(24(28)26-23-19(2)12-11-15-21(23)25(29)30-3)27(16-9-6-10-17-27)18-20-13-7-5-8-14-20/h5,7-8,11-15,22H,4,6,9-10,16-18H2,1-3H3/p+1. The minimum atomic E-state index is -0.437. The first-order chi connectivity index (χ1) is 14.5. The number of amides is 1. The molecule has 5 nitrogen and oxygen atoms in total. The quantitative estimate of drug-likeness (QED) is 0.533. The molecule has 1 amide bonds. The summed E-state index contributed by atoms with van der Waals surface area (Å²) in [5.74, 6) is -0.456. The van der Waals surface area contributed by atoms with Gasteiger partial charge in [-0.25, -0.2) is 4.79 Å². The molecule has 0 saturated carbocycles. The van der Waals surface area contributed by atoms with Gasteiger partial charge >= 0.3 is 5.97 Å². The molecule has 2 aromatic rings.